The largest absolute Gasteiger partial charge is 0.313 e. The lowest BCUT2D eigenvalue weighted by molar-refractivity contribution is -0.125. The van der Waals surface area contributed by atoms with Crippen LogP contribution in [0.25, 0.3) is 11.1 Å². The second kappa shape index (κ2) is 6.00. The third-order valence-corrected chi connectivity index (χ3v) is 5.40. The number of thiophene rings is 1. The number of fused-ring (bicyclic) bond motifs is 1. The number of carbonyl (C=O) groups excluding carboxylic acids is 2. The Morgan fingerprint density at radius 2 is 1.62 bits per heavy atom. The Balaban J connectivity index is 1.93. The number of rotatable bonds is 2. The number of hydrogen-bond donors (Lipinski definition) is 1. The number of ketones is 1. The number of nitrogens with one attached hydrogen (secondary N) is 1. The van der Waals surface area contributed by atoms with Crippen molar-refractivity contribution in [3.8, 4) is 11.1 Å². The van der Waals surface area contributed by atoms with Crippen LogP contribution in [0.5, 0.6) is 0 Å². The van der Waals surface area contributed by atoms with Crippen molar-refractivity contribution in [2.75, 3.05) is 5.32 Å². The van der Waals surface area contributed by atoms with E-state index in [1.165, 1.54) is 24.3 Å². The Labute approximate surface area is 156 Å². The molecule has 2 heterocycles. The fourth-order valence-electron chi connectivity index (χ4n) is 2.98. The number of amides is 1. The molecule has 1 amide bonds. The van der Waals surface area contributed by atoms with Gasteiger partial charge in [-0.25, -0.2) is 4.39 Å². The first kappa shape index (κ1) is 16.9. The first-order chi connectivity index (χ1) is 12.4. The first-order valence-electron chi connectivity index (χ1n) is 7.62. The number of benzene rings is 2. The van der Waals surface area contributed by atoms with Crippen LogP contribution in [-0.4, -0.2) is 11.7 Å². The molecule has 0 saturated carbocycles. The summed E-state index contributed by atoms with van der Waals surface area (Å²) in [5.41, 5.74) is -2.83. The highest BCUT2D eigenvalue weighted by Gasteiger charge is 2.54. The Hall–Kier alpha value is -2.57. The van der Waals surface area contributed by atoms with Gasteiger partial charge in [0.05, 0.1) is 5.56 Å². The van der Waals surface area contributed by atoms with Crippen LogP contribution in [0.4, 0.5) is 13.8 Å². The molecule has 0 aliphatic carbocycles. The molecule has 4 rings (SSSR count). The summed E-state index contributed by atoms with van der Waals surface area (Å²) in [6.45, 7) is 0. The molecule has 1 aliphatic rings. The molecule has 1 N–H and O–H groups in total. The summed E-state index contributed by atoms with van der Waals surface area (Å²) in [5.74, 6) is -2.20. The van der Waals surface area contributed by atoms with E-state index in [1.807, 2.05) is 0 Å². The quantitative estimate of drug-likeness (QED) is 0.612. The normalized spacial score (nSPS) is 19.2. The van der Waals surface area contributed by atoms with Gasteiger partial charge in [-0.2, -0.15) is 4.39 Å². The zero-order chi connectivity index (χ0) is 18.5. The lowest BCUT2D eigenvalue weighted by atomic mass is 9.83. The van der Waals surface area contributed by atoms with Gasteiger partial charge in [0.1, 0.15) is 5.00 Å². The van der Waals surface area contributed by atoms with Crippen LogP contribution in [0, 0.1) is 5.13 Å². The molecule has 1 atom stereocenters. The van der Waals surface area contributed by atoms with Crippen LogP contribution in [0.15, 0.2) is 54.6 Å². The number of alkyl halides is 1. The minimum atomic E-state index is -2.91. The van der Waals surface area contributed by atoms with Gasteiger partial charge >= 0.3 is 0 Å². The standard InChI is InChI=1S/C19H10ClF2NO2S/c20-12-8-6-10(7-9-12)13-14-15(24)19(22,11-4-2-1-3-5-11)18(25)23-17(14)26-16(13)21/h1-9H,(H,23,25). The molecule has 0 radical (unpaired) electrons. The highest BCUT2D eigenvalue weighted by atomic mass is 35.5. The second-order valence-electron chi connectivity index (χ2n) is 5.77. The van der Waals surface area contributed by atoms with Gasteiger partial charge in [-0.05, 0) is 17.7 Å². The molecule has 0 spiro atoms. The zero-order valence-electron chi connectivity index (χ0n) is 13.1. The second-order valence-corrected chi connectivity index (χ2v) is 7.18. The van der Waals surface area contributed by atoms with E-state index in [2.05, 4.69) is 5.32 Å². The van der Waals surface area contributed by atoms with E-state index in [1.54, 1.807) is 30.3 Å². The molecule has 0 saturated heterocycles. The van der Waals surface area contributed by atoms with E-state index in [4.69, 9.17) is 11.6 Å². The van der Waals surface area contributed by atoms with Crippen molar-refractivity contribution in [1.82, 2.24) is 0 Å². The lowest BCUT2D eigenvalue weighted by Gasteiger charge is -2.28. The summed E-state index contributed by atoms with van der Waals surface area (Å²) in [7, 11) is 0. The number of Topliss-reactive ketones (excluding diaryl/α,β-unsaturated/α-hetero) is 1. The maximum absolute atomic E-state index is 15.6. The molecular weight excluding hydrogens is 380 g/mol. The van der Waals surface area contributed by atoms with Gasteiger partial charge in [0.25, 0.3) is 11.6 Å². The summed E-state index contributed by atoms with van der Waals surface area (Å²) in [4.78, 5) is 25.4. The fraction of sp³-hybridized carbons (Fsp3) is 0.0526. The van der Waals surface area contributed by atoms with Crippen LogP contribution < -0.4 is 5.32 Å². The number of halogens is 3. The number of anilines is 1. The summed E-state index contributed by atoms with van der Waals surface area (Å²) >= 11 is 6.45. The summed E-state index contributed by atoms with van der Waals surface area (Å²) < 4.78 is 30.2. The molecule has 3 nitrogen and oxygen atoms in total. The van der Waals surface area contributed by atoms with Crippen LogP contribution >= 0.6 is 22.9 Å². The van der Waals surface area contributed by atoms with Gasteiger partial charge < -0.3 is 5.32 Å². The van der Waals surface area contributed by atoms with Crippen molar-refractivity contribution in [2.24, 2.45) is 0 Å². The Bertz CT molecular complexity index is 1030. The SMILES string of the molecule is O=C1Nc2sc(F)c(-c3ccc(Cl)cc3)c2C(=O)C1(F)c1ccccc1. The topological polar surface area (TPSA) is 46.2 Å². The smallest absolute Gasteiger partial charge is 0.275 e. The highest BCUT2D eigenvalue weighted by molar-refractivity contribution is 7.15. The Kier molecular flexibility index (Phi) is 3.89. The van der Waals surface area contributed by atoms with Gasteiger partial charge in [0.2, 0.25) is 5.78 Å². The molecule has 0 fully saturated rings. The Morgan fingerprint density at radius 3 is 2.27 bits per heavy atom. The Morgan fingerprint density at radius 1 is 0.962 bits per heavy atom. The average molecular weight is 390 g/mol. The third kappa shape index (κ3) is 2.37. The third-order valence-electron chi connectivity index (χ3n) is 4.25. The van der Waals surface area contributed by atoms with Crippen LogP contribution in [0.1, 0.15) is 15.9 Å². The molecule has 1 unspecified atom stereocenters. The molecule has 1 aromatic heterocycles. The van der Waals surface area contributed by atoms with Gasteiger partial charge in [-0.15, -0.1) is 0 Å². The van der Waals surface area contributed by atoms with Crippen LogP contribution in [-0.2, 0) is 10.5 Å². The molecule has 26 heavy (non-hydrogen) atoms. The van der Waals surface area contributed by atoms with Crippen molar-refractivity contribution < 1.29 is 18.4 Å². The van der Waals surface area contributed by atoms with E-state index >= 15 is 4.39 Å². The van der Waals surface area contributed by atoms with Crippen molar-refractivity contribution in [2.45, 2.75) is 5.67 Å². The van der Waals surface area contributed by atoms with Gasteiger partial charge in [0.15, 0.2) is 5.13 Å². The molecule has 2 aromatic carbocycles. The monoisotopic (exact) mass is 389 g/mol. The van der Waals surface area contributed by atoms with Gasteiger partial charge in [0, 0.05) is 16.1 Å². The molecular formula is C19H10ClF2NO2S. The van der Waals surface area contributed by atoms with E-state index in [9.17, 15) is 14.0 Å². The molecule has 130 valence electrons. The van der Waals surface area contributed by atoms with Gasteiger partial charge in [-0.1, -0.05) is 65.4 Å². The summed E-state index contributed by atoms with van der Waals surface area (Å²) in [6.07, 6.45) is 0. The van der Waals surface area contributed by atoms with E-state index in [0.29, 0.717) is 21.9 Å². The van der Waals surface area contributed by atoms with E-state index in [0.717, 1.165) is 0 Å². The van der Waals surface area contributed by atoms with Crippen molar-refractivity contribution in [1.29, 1.82) is 0 Å². The lowest BCUT2D eigenvalue weighted by Crippen LogP contribution is -2.47. The minimum absolute atomic E-state index is 0.00616. The van der Waals surface area contributed by atoms with Gasteiger partial charge in [-0.3, -0.25) is 9.59 Å². The maximum atomic E-state index is 15.6. The minimum Gasteiger partial charge on any atom is -0.313 e. The zero-order valence-corrected chi connectivity index (χ0v) is 14.6. The van der Waals surface area contributed by atoms with Crippen molar-refractivity contribution >= 4 is 39.6 Å². The predicted molar refractivity (Wildman–Crippen MR) is 96.9 cm³/mol. The molecule has 3 aromatic rings. The summed E-state index contributed by atoms with van der Waals surface area (Å²) in [5, 5.41) is 2.11. The van der Waals surface area contributed by atoms with E-state index < -0.39 is 22.5 Å². The molecule has 0 bridgehead atoms. The van der Waals surface area contributed by atoms with Crippen molar-refractivity contribution in [3.05, 3.63) is 75.9 Å². The molecule has 7 heteroatoms. The predicted octanol–water partition coefficient (Wildman–Crippen LogP) is 5.21. The number of hydrogen-bond acceptors (Lipinski definition) is 3. The van der Waals surface area contributed by atoms with E-state index in [-0.39, 0.29) is 21.7 Å². The maximum Gasteiger partial charge on any atom is 0.275 e. The van der Waals surface area contributed by atoms with Crippen LogP contribution in [0.2, 0.25) is 5.02 Å². The highest BCUT2D eigenvalue weighted by Crippen LogP contribution is 2.47. The summed E-state index contributed by atoms with van der Waals surface area (Å²) in [6, 6.07) is 13.6. The van der Waals surface area contributed by atoms with Crippen molar-refractivity contribution in [3.63, 3.8) is 0 Å². The fourth-order valence-corrected chi connectivity index (χ4v) is 4.04. The first-order valence-corrected chi connectivity index (χ1v) is 8.81. The molecule has 1 aliphatic heterocycles. The average Bonchev–Trinajstić information content (AvgIpc) is 2.97. The van der Waals surface area contributed by atoms with Crippen LogP contribution in [0.3, 0.4) is 0 Å². The number of carbonyl (C=O) groups is 2.